The van der Waals surface area contributed by atoms with Crippen molar-refractivity contribution in [3.8, 4) is 0 Å². The average molecular weight is 460 g/mol. The van der Waals surface area contributed by atoms with Crippen LogP contribution >= 0.6 is 0 Å². The van der Waals surface area contributed by atoms with E-state index in [9.17, 15) is 0 Å². The molecule has 1 aliphatic carbocycles. The second-order valence-electron chi connectivity index (χ2n) is 10.1. The third-order valence-electron chi connectivity index (χ3n) is 7.80. The van der Waals surface area contributed by atoms with Crippen LogP contribution in [0.15, 0.2) is 29.6 Å². The second kappa shape index (κ2) is 8.61. The van der Waals surface area contributed by atoms with Crippen molar-refractivity contribution in [1.29, 1.82) is 0 Å². The molecule has 2 fully saturated rings. The second-order valence-corrected chi connectivity index (χ2v) is 10.1. The van der Waals surface area contributed by atoms with Gasteiger partial charge >= 0.3 is 0 Å². The van der Waals surface area contributed by atoms with Gasteiger partial charge in [-0.3, -0.25) is 4.90 Å². The number of nitrogens with zero attached hydrogens (tertiary/aromatic N) is 8. The quantitative estimate of drug-likeness (QED) is 0.628. The summed E-state index contributed by atoms with van der Waals surface area (Å²) in [6, 6.07) is 4.74. The minimum absolute atomic E-state index is 0.113. The van der Waals surface area contributed by atoms with Gasteiger partial charge in [-0.15, -0.1) is 5.10 Å². The summed E-state index contributed by atoms with van der Waals surface area (Å²) in [4.78, 5) is 23.5. The molecule has 1 N–H and O–H groups in total. The van der Waals surface area contributed by atoms with Crippen molar-refractivity contribution in [2.75, 3.05) is 36.4 Å². The zero-order chi connectivity index (χ0) is 23.1. The first-order chi connectivity index (χ1) is 16.6. The largest absolute Gasteiger partial charge is 0.368 e. The van der Waals surface area contributed by atoms with E-state index in [2.05, 4.69) is 55.1 Å². The zero-order valence-electron chi connectivity index (χ0n) is 20.1. The maximum Gasteiger partial charge on any atom is 0.231 e. The minimum atomic E-state index is 0.113. The van der Waals surface area contributed by atoms with Crippen LogP contribution < -0.4 is 10.2 Å². The Kier molecular flexibility index (Phi) is 5.44. The van der Waals surface area contributed by atoms with Crippen LogP contribution in [0, 0.1) is 0 Å². The predicted octanol–water partition coefficient (Wildman–Crippen LogP) is 4.10. The van der Waals surface area contributed by atoms with Gasteiger partial charge < -0.3 is 10.2 Å². The number of aliphatic imine (C=N–C) groups is 1. The number of nitrogens with one attached hydrogen (secondary N) is 1. The van der Waals surface area contributed by atoms with Gasteiger partial charge in [0.15, 0.2) is 11.5 Å². The summed E-state index contributed by atoms with van der Waals surface area (Å²) in [7, 11) is 0. The SMILES string of the molecule is CC(C)N1CCN(c2ccc(Nc3ncn4nc5c(c4n3)C3(CC=N5)CCCCC3)nc2)CC1. The lowest BCUT2D eigenvalue weighted by Gasteiger charge is -2.38. The van der Waals surface area contributed by atoms with Crippen molar-refractivity contribution in [2.45, 2.75) is 63.8 Å². The molecule has 3 aromatic heterocycles. The smallest absolute Gasteiger partial charge is 0.231 e. The van der Waals surface area contributed by atoms with Gasteiger partial charge in [-0.2, -0.15) is 4.98 Å². The monoisotopic (exact) mass is 459 g/mol. The summed E-state index contributed by atoms with van der Waals surface area (Å²) in [5.41, 5.74) is 3.34. The minimum Gasteiger partial charge on any atom is -0.368 e. The average Bonchev–Trinajstić information content (AvgIpc) is 3.25. The molecule has 1 spiro atoms. The first kappa shape index (κ1) is 21.5. The molecule has 9 heteroatoms. The van der Waals surface area contributed by atoms with Gasteiger partial charge in [-0.1, -0.05) is 19.3 Å². The summed E-state index contributed by atoms with van der Waals surface area (Å²) in [6.07, 6.45) is 12.9. The summed E-state index contributed by atoms with van der Waals surface area (Å²) in [5, 5.41) is 7.97. The van der Waals surface area contributed by atoms with Crippen LogP contribution in [0.5, 0.6) is 0 Å². The molecule has 0 radical (unpaired) electrons. The topological polar surface area (TPSA) is 86.8 Å². The Hall–Kier alpha value is -3.07. The third kappa shape index (κ3) is 3.81. The van der Waals surface area contributed by atoms with E-state index in [1.807, 2.05) is 18.5 Å². The molecular weight excluding hydrogens is 426 g/mol. The van der Waals surface area contributed by atoms with Gasteiger partial charge in [0, 0.05) is 43.9 Å². The highest BCUT2D eigenvalue weighted by Crippen LogP contribution is 2.48. The molecular formula is C25H33N9. The van der Waals surface area contributed by atoms with Crippen LogP contribution in [0.2, 0.25) is 0 Å². The molecule has 34 heavy (non-hydrogen) atoms. The lowest BCUT2D eigenvalue weighted by Crippen LogP contribution is -2.48. The molecule has 3 aromatic rings. The fraction of sp³-hybridized carbons (Fsp3) is 0.560. The number of aromatic nitrogens is 5. The maximum atomic E-state index is 4.88. The number of piperazine rings is 1. The van der Waals surface area contributed by atoms with E-state index in [1.165, 1.54) is 37.7 Å². The molecule has 3 aliphatic rings. The standard InChI is InChI=1S/C25H33N9/c1-18(2)32-12-14-33(15-13-32)19-6-7-20(27-16-19)29-24-28-17-34-23(30-24)21-22(31-34)26-11-10-25(21)8-4-3-5-9-25/h6-7,11,16-18H,3-5,8-10,12-15H2,1-2H3,(H,27,29,30). The third-order valence-corrected chi connectivity index (χ3v) is 7.80. The van der Waals surface area contributed by atoms with Gasteiger partial charge in [0.1, 0.15) is 12.1 Å². The van der Waals surface area contributed by atoms with Gasteiger partial charge in [0.05, 0.1) is 17.4 Å². The van der Waals surface area contributed by atoms with Gasteiger partial charge in [0.25, 0.3) is 0 Å². The van der Waals surface area contributed by atoms with E-state index >= 15 is 0 Å². The molecule has 178 valence electrons. The highest BCUT2D eigenvalue weighted by Gasteiger charge is 2.40. The maximum absolute atomic E-state index is 4.88. The fourth-order valence-corrected chi connectivity index (χ4v) is 5.81. The highest BCUT2D eigenvalue weighted by molar-refractivity contribution is 5.76. The predicted molar refractivity (Wildman–Crippen MR) is 135 cm³/mol. The number of fused-ring (bicyclic) bond motifs is 4. The summed E-state index contributed by atoms with van der Waals surface area (Å²) < 4.78 is 1.78. The van der Waals surface area contributed by atoms with Crippen molar-refractivity contribution in [3.63, 3.8) is 0 Å². The van der Waals surface area contributed by atoms with Crippen molar-refractivity contribution in [2.24, 2.45) is 4.99 Å². The lowest BCUT2D eigenvalue weighted by molar-refractivity contribution is 0.209. The molecule has 2 aliphatic heterocycles. The molecule has 6 rings (SSSR count). The van der Waals surface area contributed by atoms with E-state index in [1.54, 1.807) is 10.8 Å². The van der Waals surface area contributed by atoms with Crippen molar-refractivity contribution in [3.05, 3.63) is 30.2 Å². The zero-order valence-corrected chi connectivity index (χ0v) is 20.1. The number of rotatable bonds is 4. The van der Waals surface area contributed by atoms with Crippen molar-refractivity contribution >= 4 is 35.1 Å². The summed E-state index contributed by atoms with van der Waals surface area (Å²) in [6.45, 7) is 8.77. The molecule has 0 aromatic carbocycles. The molecule has 0 unspecified atom stereocenters. The van der Waals surface area contributed by atoms with Crippen LogP contribution in [0.4, 0.5) is 23.3 Å². The molecule has 9 nitrogen and oxygen atoms in total. The Morgan fingerprint density at radius 1 is 1.00 bits per heavy atom. The van der Waals surface area contributed by atoms with E-state index in [-0.39, 0.29) is 5.41 Å². The van der Waals surface area contributed by atoms with Crippen molar-refractivity contribution < 1.29 is 0 Å². The number of pyridine rings is 1. The Morgan fingerprint density at radius 3 is 2.56 bits per heavy atom. The van der Waals surface area contributed by atoms with Crippen LogP contribution in [-0.4, -0.2) is 67.9 Å². The first-order valence-electron chi connectivity index (χ1n) is 12.6. The molecule has 1 saturated heterocycles. The van der Waals surface area contributed by atoms with Crippen molar-refractivity contribution in [1.82, 2.24) is 29.5 Å². The van der Waals surface area contributed by atoms with Crippen LogP contribution in [0.25, 0.3) is 5.65 Å². The number of hydrogen-bond acceptors (Lipinski definition) is 8. The number of anilines is 3. The van der Waals surface area contributed by atoms with Crippen LogP contribution in [0.3, 0.4) is 0 Å². The number of hydrogen-bond donors (Lipinski definition) is 1. The molecule has 0 amide bonds. The Labute approximate surface area is 200 Å². The first-order valence-corrected chi connectivity index (χ1v) is 12.6. The molecule has 1 saturated carbocycles. The normalized spacial score (nSPS) is 20.3. The summed E-state index contributed by atoms with van der Waals surface area (Å²) in [5.74, 6) is 2.09. The molecule has 5 heterocycles. The Balaban J connectivity index is 1.22. The molecule has 0 atom stereocenters. The highest BCUT2D eigenvalue weighted by atomic mass is 15.3. The summed E-state index contributed by atoms with van der Waals surface area (Å²) >= 11 is 0. The fourth-order valence-electron chi connectivity index (χ4n) is 5.81. The van der Waals surface area contributed by atoms with E-state index in [0.717, 1.165) is 55.6 Å². The Bertz CT molecular complexity index is 1180. The van der Waals surface area contributed by atoms with Crippen LogP contribution in [0.1, 0.15) is 57.9 Å². The van der Waals surface area contributed by atoms with Crippen LogP contribution in [-0.2, 0) is 5.41 Å². The Morgan fingerprint density at radius 2 is 1.82 bits per heavy atom. The van der Waals surface area contributed by atoms with E-state index in [4.69, 9.17) is 4.98 Å². The van der Waals surface area contributed by atoms with Gasteiger partial charge in [-0.05, 0) is 45.2 Å². The van der Waals surface area contributed by atoms with E-state index in [0.29, 0.717) is 12.0 Å². The van der Waals surface area contributed by atoms with E-state index < -0.39 is 0 Å². The lowest BCUT2D eigenvalue weighted by atomic mass is 9.67. The molecule has 0 bridgehead atoms. The van der Waals surface area contributed by atoms with Gasteiger partial charge in [0.2, 0.25) is 5.95 Å². The van der Waals surface area contributed by atoms with Gasteiger partial charge in [-0.25, -0.2) is 19.5 Å².